The minimum Gasteiger partial charge on any atom is -1.00 e. The maximum absolute atomic E-state index is 11.4. The van der Waals surface area contributed by atoms with E-state index in [1.807, 2.05) is 6.55 Å². The number of hydrogen-bond acceptors (Lipinski definition) is 0. The fourth-order valence-corrected chi connectivity index (χ4v) is 17.9. The molecule has 71 heavy (non-hydrogen) atoms. The normalized spacial score (nSPS) is 27.1. The third-order valence-corrected chi connectivity index (χ3v) is 21.3. The Morgan fingerprint density at radius 3 is 1.08 bits per heavy atom. The van der Waals surface area contributed by atoms with E-state index in [9.17, 15) is 13.2 Å². The first-order chi connectivity index (χ1) is 32.6. The molecule has 7 heteroatoms. The van der Waals surface area contributed by atoms with Gasteiger partial charge in [-0.3, -0.25) is 0 Å². The molecule has 8 saturated carbocycles. The summed E-state index contributed by atoms with van der Waals surface area (Å²) in [6, 6.07) is 38.5. The Balaban J connectivity index is 0.000000159. The van der Waals surface area contributed by atoms with Crippen LogP contribution in [-0.4, -0.2) is 11.6 Å². The zero-order valence-electron chi connectivity index (χ0n) is 44.0. The topological polar surface area (TPSA) is 0 Å². The quantitative estimate of drug-likeness (QED) is 0.115. The summed E-state index contributed by atoms with van der Waals surface area (Å²) in [6.45, 7) is 20.5. The molecule has 6 aromatic rings. The summed E-state index contributed by atoms with van der Waals surface area (Å²) in [5.74, 6) is 6.04. The molecular formula is C64H77Cl2F3SiZr-2. The van der Waals surface area contributed by atoms with Crippen LogP contribution in [0.15, 0.2) is 97.1 Å². The molecule has 8 fully saturated rings. The van der Waals surface area contributed by atoms with Crippen LogP contribution in [0.3, 0.4) is 0 Å². The molecular weight excluding hydrogens is 1020 g/mol. The Labute approximate surface area is 452 Å². The van der Waals surface area contributed by atoms with Crippen molar-refractivity contribution in [1.29, 1.82) is 0 Å². The largest absolute Gasteiger partial charge is 1.00 e. The van der Waals surface area contributed by atoms with Crippen LogP contribution >= 0.6 is 0 Å². The maximum atomic E-state index is 11.4. The van der Waals surface area contributed by atoms with Crippen LogP contribution in [0.1, 0.15) is 158 Å². The predicted octanol–water partition coefficient (Wildman–Crippen LogP) is 12.7. The summed E-state index contributed by atoms with van der Waals surface area (Å²) in [5.41, 5.74) is 15.5. The Bertz CT molecular complexity index is 2590. The fourth-order valence-electron chi connectivity index (χ4n) is 16.3. The van der Waals surface area contributed by atoms with Gasteiger partial charge >= 0.3 is 67.1 Å². The van der Waals surface area contributed by atoms with E-state index in [2.05, 4.69) is 152 Å². The number of fused-ring (bicyclic) bond motifs is 2. The van der Waals surface area contributed by atoms with Crippen LogP contribution in [0.5, 0.6) is 0 Å². The molecule has 8 bridgehead atoms. The number of rotatable bonds is 6. The minimum absolute atomic E-state index is 0. The van der Waals surface area contributed by atoms with E-state index in [1.54, 1.807) is 11.1 Å². The van der Waals surface area contributed by atoms with Crippen molar-refractivity contribution in [3.05, 3.63) is 130 Å². The van der Waals surface area contributed by atoms with Gasteiger partial charge in [-0.15, -0.1) is 69.1 Å². The summed E-state index contributed by atoms with van der Waals surface area (Å²) >= 11 is 1.29. The van der Waals surface area contributed by atoms with Gasteiger partial charge in [-0.1, -0.05) is 127 Å². The Morgan fingerprint density at radius 1 is 0.521 bits per heavy atom. The molecule has 0 amide bonds. The second-order valence-electron chi connectivity index (χ2n) is 25.9. The van der Waals surface area contributed by atoms with Gasteiger partial charge in [-0.05, 0) is 156 Å². The first kappa shape index (κ1) is 54.8. The van der Waals surface area contributed by atoms with Gasteiger partial charge in [-0.25, -0.2) is 0 Å². The molecule has 0 radical (unpaired) electrons. The molecule has 0 spiro atoms. The molecule has 0 aliphatic heterocycles. The zero-order valence-corrected chi connectivity index (χ0v) is 49.0. The molecule has 6 aromatic carbocycles. The number of benzene rings is 4. The van der Waals surface area contributed by atoms with Crippen LogP contribution in [0.25, 0.3) is 43.8 Å². The van der Waals surface area contributed by atoms with E-state index >= 15 is 0 Å². The van der Waals surface area contributed by atoms with E-state index in [-0.39, 0.29) is 35.6 Å². The Morgan fingerprint density at radius 2 is 0.831 bits per heavy atom. The number of halogens is 5. The summed E-state index contributed by atoms with van der Waals surface area (Å²) in [4.78, 5) is 0. The van der Waals surface area contributed by atoms with E-state index < -0.39 is 18.0 Å². The molecule has 0 aromatic heterocycles. The molecule has 378 valence electrons. The van der Waals surface area contributed by atoms with Crippen molar-refractivity contribution >= 4 is 27.0 Å². The van der Waals surface area contributed by atoms with Gasteiger partial charge in [-0.2, -0.15) is 11.1 Å². The summed E-state index contributed by atoms with van der Waals surface area (Å²) in [6.07, 6.45) is 13.3. The van der Waals surface area contributed by atoms with Gasteiger partial charge in [0.2, 0.25) is 0 Å². The van der Waals surface area contributed by atoms with Crippen molar-refractivity contribution in [2.45, 2.75) is 179 Å². The van der Waals surface area contributed by atoms with Crippen LogP contribution < -0.4 is 24.8 Å². The van der Waals surface area contributed by atoms with Crippen molar-refractivity contribution in [2.24, 2.45) is 35.5 Å². The second kappa shape index (κ2) is 20.6. The van der Waals surface area contributed by atoms with Crippen molar-refractivity contribution in [3.8, 4) is 22.3 Å². The monoisotopic (exact) mass is 1090 g/mol. The maximum Gasteiger partial charge on any atom is -0.00391 e. The third-order valence-electron chi connectivity index (χ3n) is 18.4. The van der Waals surface area contributed by atoms with E-state index in [0.717, 1.165) is 35.5 Å². The van der Waals surface area contributed by atoms with Gasteiger partial charge in [0.1, 0.15) is 0 Å². The Hall–Kier alpha value is -2.43. The average molecular weight is 1090 g/mol. The zero-order chi connectivity index (χ0) is 48.8. The van der Waals surface area contributed by atoms with Gasteiger partial charge in [0, 0.05) is 0 Å². The molecule has 0 saturated heterocycles. The molecule has 14 rings (SSSR count). The molecule has 0 unspecified atom stereocenters. The van der Waals surface area contributed by atoms with Crippen molar-refractivity contribution in [3.63, 3.8) is 0 Å². The fraction of sp³-hybridized carbons (Fsp3) is 0.531. The predicted molar refractivity (Wildman–Crippen MR) is 284 cm³/mol. The molecule has 8 aliphatic carbocycles. The number of hydrogen-bond donors (Lipinski definition) is 0. The second-order valence-corrected chi connectivity index (χ2v) is 34.2. The Kier molecular flexibility index (Phi) is 15.9. The molecule has 0 nitrogen and oxygen atoms in total. The molecule has 0 N–H and O–H groups in total. The number of aryl methyl sites for hydroxylation is 2. The van der Waals surface area contributed by atoms with E-state index in [4.69, 9.17) is 0 Å². The first-order valence-corrected chi connectivity index (χ1v) is 32.7. The molecule has 8 aliphatic rings. The molecule has 0 atom stereocenters. The van der Waals surface area contributed by atoms with Gasteiger partial charge < -0.3 is 24.8 Å². The smallest absolute Gasteiger partial charge is 0.00391 e. The third kappa shape index (κ3) is 11.1. The SMILES string of the molecule is C[Si](=[Zr+2])CCC(F)(F)F.Cc1c(C(C)(C)C)[cH-]c2cccc(-c3ccc(C45CC6CC(CC(C6)C4)C5)cc3)c12.Cc1c(C(C)(C)C)[cH-]c2cccc(-c3ccc(C45CC6CC(CC(C6)C4)C5)cc3)c12.[Cl-].[Cl-]. The minimum atomic E-state index is -3.93. The van der Waals surface area contributed by atoms with Crippen LogP contribution in [0.2, 0.25) is 12.6 Å². The number of alkyl halides is 3. The van der Waals surface area contributed by atoms with Gasteiger partial charge in [0.05, 0.1) is 0 Å². The summed E-state index contributed by atoms with van der Waals surface area (Å²) < 4.78 is 34.3. The summed E-state index contributed by atoms with van der Waals surface area (Å²) in [5, 5.41) is 5.68. The van der Waals surface area contributed by atoms with E-state index in [0.29, 0.717) is 16.9 Å². The van der Waals surface area contributed by atoms with Crippen molar-refractivity contribution in [1.82, 2.24) is 0 Å². The first-order valence-electron chi connectivity index (χ1n) is 26.8. The molecule has 0 heterocycles. The van der Waals surface area contributed by atoms with Gasteiger partial charge in [0.25, 0.3) is 0 Å². The van der Waals surface area contributed by atoms with Crippen LogP contribution in [-0.2, 0) is 45.0 Å². The van der Waals surface area contributed by atoms with Crippen LogP contribution in [0, 0.1) is 49.4 Å². The van der Waals surface area contributed by atoms with Crippen molar-refractivity contribution in [2.75, 3.05) is 0 Å². The van der Waals surface area contributed by atoms with Gasteiger partial charge in [0.15, 0.2) is 0 Å². The van der Waals surface area contributed by atoms with Crippen LogP contribution in [0.4, 0.5) is 13.2 Å². The van der Waals surface area contributed by atoms with Crippen molar-refractivity contribution < 1.29 is 61.3 Å². The average Bonchev–Trinajstić information content (AvgIpc) is 3.82. The summed E-state index contributed by atoms with van der Waals surface area (Å²) in [7, 11) is 0. The standard InChI is InChI=1S/2C30H35.C4H7F3Si.2ClH.Zr/c2*1-19-27(29(2,3)4)15-24-6-5-7-26(28(19)24)23-8-10-25(11-9-23)30-16-20-12-21(17-30)14-22(13-20)18-30;1-8-3-2-4(5,6)7;;;/h2*5-11,15,20-22H,12-14,16-18H2,1-4H3;2-3H2,1H3;2*1H;/q2*-1;;;;+2/p-2. The van der Waals surface area contributed by atoms with E-state index in [1.165, 1.54) is 166 Å².